The van der Waals surface area contributed by atoms with E-state index in [1.54, 1.807) is 12.1 Å². The van der Waals surface area contributed by atoms with Crippen molar-refractivity contribution >= 4 is 5.78 Å². The average molecular weight is 448 g/mol. The summed E-state index contributed by atoms with van der Waals surface area (Å²) < 4.78 is 22.4. The number of rotatable bonds is 5. The van der Waals surface area contributed by atoms with Crippen molar-refractivity contribution in [2.24, 2.45) is 0 Å². The molecule has 0 unspecified atom stereocenters. The van der Waals surface area contributed by atoms with E-state index in [2.05, 4.69) is 0 Å². The molecule has 0 amide bonds. The summed E-state index contributed by atoms with van der Waals surface area (Å²) in [6.07, 6.45) is -8.03. The molecule has 0 spiro atoms. The highest BCUT2D eigenvalue weighted by atomic mass is 16.7. The van der Waals surface area contributed by atoms with Crippen molar-refractivity contribution < 1.29 is 49.3 Å². The number of hydrogen-bond donors (Lipinski definition) is 5. The average Bonchev–Trinajstić information content (AvgIpc) is 2.79. The van der Waals surface area contributed by atoms with Crippen LogP contribution in [-0.4, -0.2) is 75.7 Å². The minimum Gasteiger partial charge on any atom is -0.508 e. The molecule has 0 saturated carbocycles. The molecule has 10 heteroatoms. The Morgan fingerprint density at radius 2 is 1.78 bits per heavy atom. The van der Waals surface area contributed by atoms with Crippen LogP contribution in [0.1, 0.15) is 28.4 Å². The number of ketones is 1. The van der Waals surface area contributed by atoms with Gasteiger partial charge in [0.15, 0.2) is 5.78 Å². The summed E-state index contributed by atoms with van der Waals surface area (Å²) in [6, 6.07) is 9.26. The fourth-order valence-corrected chi connectivity index (χ4v) is 3.77. The maximum atomic E-state index is 13.0. The second-order valence-corrected chi connectivity index (χ2v) is 7.64. The highest BCUT2D eigenvalue weighted by Crippen LogP contribution is 2.43. The van der Waals surface area contributed by atoms with Crippen molar-refractivity contribution in [2.75, 3.05) is 13.7 Å². The molecule has 2 aromatic rings. The first-order valence-corrected chi connectivity index (χ1v) is 10.0. The summed E-state index contributed by atoms with van der Waals surface area (Å²) in [6.45, 7) is -0.614. The van der Waals surface area contributed by atoms with Gasteiger partial charge in [-0.3, -0.25) is 4.79 Å². The van der Waals surface area contributed by atoms with Gasteiger partial charge in [0, 0.05) is 12.1 Å². The van der Waals surface area contributed by atoms with Crippen LogP contribution in [-0.2, 0) is 4.74 Å². The van der Waals surface area contributed by atoms with Crippen LogP contribution in [0.5, 0.6) is 23.0 Å². The number of aliphatic hydroxyl groups excluding tert-OH is 4. The van der Waals surface area contributed by atoms with Crippen molar-refractivity contribution in [3.8, 4) is 23.0 Å². The number of carbonyl (C=O) groups excluding carboxylic acids is 1. The summed E-state index contributed by atoms with van der Waals surface area (Å²) in [4.78, 5) is 13.0. The summed E-state index contributed by atoms with van der Waals surface area (Å²) in [5.74, 6) is 0.290. The lowest BCUT2D eigenvalue weighted by Gasteiger charge is -2.40. The highest BCUT2D eigenvalue weighted by molar-refractivity contribution is 6.02. The van der Waals surface area contributed by atoms with E-state index >= 15 is 0 Å². The number of carbonyl (C=O) groups is 1. The van der Waals surface area contributed by atoms with E-state index in [1.165, 1.54) is 31.4 Å². The van der Waals surface area contributed by atoms with E-state index in [9.17, 15) is 30.3 Å². The number of fused-ring (bicyclic) bond motifs is 1. The number of hydrogen-bond acceptors (Lipinski definition) is 10. The molecule has 10 nitrogen and oxygen atoms in total. The summed E-state index contributed by atoms with van der Waals surface area (Å²) in [7, 11) is 1.42. The van der Waals surface area contributed by atoms with Gasteiger partial charge in [0.2, 0.25) is 6.29 Å². The Morgan fingerprint density at radius 1 is 1.06 bits per heavy atom. The van der Waals surface area contributed by atoms with Gasteiger partial charge in [-0.15, -0.1) is 0 Å². The predicted molar refractivity (Wildman–Crippen MR) is 108 cm³/mol. The number of phenolic OH excluding ortho intramolecular Hbond substituents is 1. The molecular formula is C22H24O10. The zero-order chi connectivity index (χ0) is 23.0. The quantitative estimate of drug-likeness (QED) is 0.431. The van der Waals surface area contributed by atoms with Gasteiger partial charge in [0.1, 0.15) is 59.1 Å². The highest BCUT2D eigenvalue weighted by Gasteiger charge is 2.45. The second kappa shape index (κ2) is 8.93. The molecular weight excluding hydrogens is 424 g/mol. The third-order valence-electron chi connectivity index (χ3n) is 5.55. The van der Waals surface area contributed by atoms with Crippen molar-refractivity contribution in [2.45, 2.75) is 43.2 Å². The third-order valence-corrected chi connectivity index (χ3v) is 5.55. The van der Waals surface area contributed by atoms with Crippen molar-refractivity contribution in [3.63, 3.8) is 0 Å². The molecule has 5 N–H and O–H groups in total. The Bertz CT molecular complexity index is 973. The predicted octanol–water partition coefficient (Wildman–Crippen LogP) is 0.286. The van der Waals surface area contributed by atoms with Crippen molar-refractivity contribution in [3.05, 3.63) is 47.5 Å². The minimum absolute atomic E-state index is 0.00200. The fraction of sp³-hybridized carbons (Fsp3) is 0.409. The lowest BCUT2D eigenvalue weighted by atomic mass is 9.95. The minimum atomic E-state index is -1.64. The summed E-state index contributed by atoms with van der Waals surface area (Å²) in [5.41, 5.74) is 0.804. The summed E-state index contributed by atoms with van der Waals surface area (Å²) >= 11 is 0. The molecule has 1 saturated heterocycles. The van der Waals surface area contributed by atoms with Crippen LogP contribution >= 0.6 is 0 Å². The van der Waals surface area contributed by atoms with E-state index in [0.717, 1.165) is 0 Å². The Balaban J connectivity index is 1.65. The summed E-state index contributed by atoms with van der Waals surface area (Å²) in [5, 5.41) is 49.1. The molecule has 2 aliphatic rings. The molecule has 2 heterocycles. The van der Waals surface area contributed by atoms with E-state index in [-0.39, 0.29) is 35.0 Å². The maximum Gasteiger partial charge on any atom is 0.229 e. The van der Waals surface area contributed by atoms with E-state index < -0.39 is 43.4 Å². The number of aliphatic hydroxyl groups is 4. The lowest BCUT2D eigenvalue weighted by molar-refractivity contribution is -0.277. The Kier molecular flexibility index (Phi) is 6.22. The largest absolute Gasteiger partial charge is 0.508 e. The van der Waals surface area contributed by atoms with Crippen LogP contribution in [0.25, 0.3) is 0 Å². The first kappa shape index (κ1) is 22.3. The molecule has 0 aliphatic carbocycles. The van der Waals surface area contributed by atoms with Crippen molar-refractivity contribution in [1.29, 1.82) is 0 Å². The van der Waals surface area contributed by atoms with Gasteiger partial charge in [-0.1, -0.05) is 12.1 Å². The van der Waals surface area contributed by atoms with E-state index in [1.807, 2.05) is 0 Å². The maximum absolute atomic E-state index is 13.0. The standard InChI is InChI=1S/C22H24O10/c1-29-12-6-15-18(13(25)8-14(30-15)10-2-4-11(24)5-3-10)16(7-12)31-22-21(28)20(27)19(26)17(9-23)32-22/h2-7,14,17,19-24,26-28H,8-9H2,1H3/t14-,17+,19-,20-,21+,22-/m1/s1. The molecule has 0 bridgehead atoms. The second-order valence-electron chi connectivity index (χ2n) is 7.64. The number of Topliss-reactive ketones (excluding diaryl/α,β-unsaturated/α-hetero) is 1. The lowest BCUT2D eigenvalue weighted by Crippen LogP contribution is -2.60. The number of aromatic hydroxyl groups is 1. The van der Waals surface area contributed by atoms with Gasteiger partial charge < -0.3 is 44.5 Å². The molecule has 0 radical (unpaired) electrons. The molecule has 2 aliphatic heterocycles. The molecule has 1 fully saturated rings. The molecule has 6 atom stereocenters. The zero-order valence-corrected chi connectivity index (χ0v) is 17.1. The van der Waals surface area contributed by atoms with Crippen LogP contribution in [0.15, 0.2) is 36.4 Å². The molecule has 2 aromatic carbocycles. The van der Waals surface area contributed by atoms with Crippen LogP contribution in [0.4, 0.5) is 0 Å². The van der Waals surface area contributed by atoms with Gasteiger partial charge in [0.25, 0.3) is 0 Å². The van der Waals surface area contributed by atoms with Gasteiger partial charge in [0.05, 0.1) is 20.1 Å². The number of benzene rings is 2. The SMILES string of the molecule is COc1cc(O[C@@H]2O[C@@H](CO)[C@@H](O)[C@@H](O)[C@@H]2O)c2c(c1)O[C@@H](c1ccc(O)cc1)CC2=O. The number of phenols is 1. The topological polar surface area (TPSA) is 155 Å². The van der Waals surface area contributed by atoms with Crippen LogP contribution in [0.2, 0.25) is 0 Å². The Morgan fingerprint density at radius 3 is 2.44 bits per heavy atom. The number of ether oxygens (including phenoxy) is 4. The fourth-order valence-electron chi connectivity index (χ4n) is 3.77. The third kappa shape index (κ3) is 4.10. The monoisotopic (exact) mass is 448 g/mol. The molecule has 32 heavy (non-hydrogen) atoms. The smallest absolute Gasteiger partial charge is 0.229 e. The normalized spacial score (nSPS) is 29.7. The number of methoxy groups -OCH3 is 1. The first-order chi connectivity index (χ1) is 15.3. The molecule has 0 aromatic heterocycles. The Labute approximate surface area is 183 Å². The van der Waals surface area contributed by atoms with E-state index in [0.29, 0.717) is 11.3 Å². The zero-order valence-electron chi connectivity index (χ0n) is 17.1. The van der Waals surface area contributed by atoms with Gasteiger partial charge in [-0.2, -0.15) is 0 Å². The van der Waals surface area contributed by atoms with Gasteiger partial charge in [-0.25, -0.2) is 0 Å². The molecule has 4 rings (SSSR count). The van der Waals surface area contributed by atoms with Crippen LogP contribution < -0.4 is 14.2 Å². The van der Waals surface area contributed by atoms with Crippen LogP contribution in [0.3, 0.4) is 0 Å². The van der Waals surface area contributed by atoms with Gasteiger partial charge >= 0.3 is 0 Å². The molecule has 172 valence electrons. The van der Waals surface area contributed by atoms with Crippen molar-refractivity contribution in [1.82, 2.24) is 0 Å². The Hall–Kier alpha value is -2.89. The van der Waals surface area contributed by atoms with E-state index in [4.69, 9.17) is 18.9 Å². The first-order valence-electron chi connectivity index (χ1n) is 10.0. The van der Waals surface area contributed by atoms with Crippen LogP contribution in [0, 0.1) is 0 Å². The van der Waals surface area contributed by atoms with Gasteiger partial charge in [-0.05, 0) is 17.7 Å².